The average Bonchev–Trinajstić information content (AvgIpc) is 2.38. The minimum Gasteiger partial charge on any atom is -0.377 e. The van der Waals surface area contributed by atoms with Gasteiger partial charge in [-0.3, -0.25) is 4.79 Å². The highest BCUT2D eigenvalue weighted by molar-refractivity contribution is 6.28. The van der Waals surface area contributed by atoms with E-state index in [2.05, 4.69) is 15.3 Å². The average molecular weight is 285 g/mol. The SMILES string of the molecule is CC(C)NC(=O)C1COCCN1c1ccnc(Cl)n1. The van der Waals surface area contributed by atoms with Gasteiger partial charge in [-0.1, -0.05) is 0 Å². The maximum atomic E-state index is 12.2. The normalized spacial score (nSPS) is 19.6. The Labute approximate surface area is 117 Å². The molecule has 7 heteroatoms. The number of rotatable bonds is 3. The van der Waals surface area contributed by atoms with Crippen LogP contribution in [0.25, 0.3) is 0 Å². The zero-order valence-electron chi connectivity index (χ0n) is 11.0. The van der Waals surface area contributed by atoms with Crippen LogP contribution in [-0.2, 0) is 9.53 Å². The molecule has 1 fully saturated rings. The monoisotopic (exact) mass is 284 g/mol. The first kappa shape index (κ1) is 14.0. The van der Waals surface area contributed by atoms with E-state index in [0.29, 0.717) is 25.6 Å². The maximum absolute atomic E-state index is 12.2. The van der Waals surface area contributed by atoms with Crippen molar-refractivity contribution in [2.45, 2.75) is 25.9 Å². The number of morpholine rings is 1. The molecule has 0 bridgehead atoms. The first-order chi connectivity index (χ1) is 9.08. The van der Waals surface area contributed by atoms with Crippen molar-refractivity contribution in [3.8, 4) is 0 Å². The van der Waals surface area contributed by atoms with Crippen molar-refractivity contribution in [1.82, 2.24) is 15.3 Å². The zero-order chi connectivity index (χ0) is 13.8. The number of carbonyl (C=O) groups is 1. The lowest BCUT2D eigenvalue weighted by molar-refractivity contribution is -0.125. The second kappa shape index (κ2) is 6.16. The van der Waals surface area contributed by atoms with E-state index in [1.165, 1.54) is 0 Å². The molecule has 6 nitrogen and oxygen atoms in total. The predicted molar refractivity (Wildman–Crippen MR) is 72.3 cm³/mol. The van der Waals surface area contributed by atoms with E-state index in [9.17, 15) is 4.79 Å². The van der Waals surface area contributed by atoms with Gasteiger partial charge in [0.1, 0.15) is 11.9 Å². The quantitative estimate of drug-likeness (QED) is 0.834. The van der Waals surface area contributed by atoms with Crippen LogP contribution < -0.4 is 10.2 Å². The largest absolute Gasteiger partial charge is 0.377 e. The molecule has 1 aliphatic rings. The minimum absolute atomic E-state index is 0.0653. The molecule has 1 unspecified atom stereocenters. The Morgan fingerprint density at radius 1 is 1.63 bits per heavy atom. The van der Waals surface area contributed by atoms with Crippen LogP contribution in [0.3, 0.4) is 0 Å². The molecule has 1 atom stereocenters. The van der Waals surface area contributed by atoms with Crippen molar-refractivity contribution in [1.29, 1.82) is 0 Å². The summed E-state index contributed by atoms with van der Waals surface area (Å²) < 4.78 is 5.39. The molecule has 1 N–H and O–H groups in total. The molecular weight excluding hydrogens is 268 g/mol. The summed E-state index contributed by atoms with van der Waals surface area (Å²) in [6, 6.07) is 1.44. The van der Waals surface area contributed by atoms with Gasteiger partial charge in [0.25, 0.3) is 0 Å². The van der Waals surface area contributed by atoms with Gasteiger partial charge in [-0.15, -0.1) is 0 Å². The summed E-state index contributed by atoms with van der Waals surface area (Å²) in [5.74, 6) is 0.580. The summed E-state index contributed by atoms with van der Waals surface area (Å²) in [5, 5.41) is 3.06. The summed E-state index contributed by atoms with van der Waals surface area (Å²) in [6.45, 7) is 5.36. The Bertz CT molecular complexity index is 455. The molecule has 104 valence electrons. The predicted octanol–water partition coefficient (Wildman–Crippen LogP) is 0.860. The number of carbonyl (C=O) groups excluding carboxylic acids is 1. The van der Waals surface area contributed by atoms with Crippen molar-refractivity contribution in [3.05, 3.63) is 17.5 Å². The fraction of sp³-hybridized carbons (Fsp3) is 0.583. The molecular formula is C12H17ClN4O2. The third kappa shape index (κ3) is 3.54. The van der Waals surface area contributed by atoms with Gasteiger partial charge in [-0.2, -0.15) is 0 Å². The Morgan fingerprint density at radius 2 is 2.42 bits per heavy atom. The molecule has 0 aliphatic carbocycles. The summed E-state index contributed by atoms with van der Waals surface area (Å²) >= 11 is 5.79. The fourth-order valence-corrected chi connectivity index (χ4v) is 2.10. The van der Waals surface area contributed by atoms with E-state index in [-0.39, 0.29) is 23.3 Å². The van der Waals surface area contributed by atoms with E-state index in [0.717, 1.165) is 0 Å². The summed E-state index contributed by atoms with van der Waals surface area (Å²) in [5.41, 5.74) is 0. The van der Waals surface area contributed by atoms with Crippen molar-refractivity contribution in [2.75, 3.05) is 24.7 Å². The van der Waals surface area contributed by atoms with E-state index in [1.54, 1.807) is 12.3 Å². The van der Waals surface area contributed by atoms with Crippen LogP contribution in [0.2, 0.25) is 5.28 Å². The van der Waals surface area contributed by atoms with Crippen LogP contribution in [0.4, 0.5) is 5.82 Å². The van der Waals surface area contributed by atoms with Gasteiger partial charge in [-0.05, 0) is 31.5 Å². The third-order valence-electron chi connectivity index (χ3n) is 2.77. The molecule has 0 radical (unpaired) electrons. The van der Waals surface area contributed by atoms with Gasteiger partial charge < -0.3 is 15.0 Å². The van der Waals surface area contributed by atoms with E-state index < -0.39 is 0 Å². The summed E-state index contributed by atoms with van der Waals surface area (Å²) in [6.07, 6.45) is 1.58. The number of halogens is 1. The maximum Gasteiger partial charge on any atom is 0.245 e. The van der Waals surface area contributed by atoms with Crippen LogP contribution in [0.5, 0.6) is 0 Å². The molecule has 2 heterocycles. The van der Waals surface area contributed by atoms with Crippen LogP contribution in [-0.4, -0.2) is 47.7 Å². The highest BCUT2D eigenvalue weighted by Crippen LogP contribution is 2.18. The van der Waals surface area contributed by atoms with Gasteiger partial charge in [-0.25, -0.2) is 9.97 Å². The number of hydrogen-bond acceptors (Lipinski definition) is 5. The molecule has 0 spiro atoms. The van der Waals surface area contributed by atoms with Gasteiger partial charge in [0.05, 0.1) is 13.2 Å². The van der Waals surface area contributed by atoms with Crippen LogP contribution >= 0.6 is 11.6 Å². The van der Waals surface area contributed by atoms with Crippen LogP contribution in [0.1, 0.15) is 13.8 Å². The molecule has 1 aliphatic heterocycles. The lowest BCUT2D eigenvalue weighted by atomic mass is 10.2. The van der Waals surface area contributed by atoms with Crippen molar-refractivity contribution >= 4 is 23.3 Å². The fourth-order valence-electron chi connectivity index (χ4n) is 1.96. The molecule has 2 rings (SSSR count). The number of aromatic nitrogens is 2. The summed E-state index contributed by atoms with van der Waals surface area (Å²) in [4.78, 5) is 22.1. The Balaban J connectivity index is 2.18. The van der Waals surface area contributed by atoms with E-state index in [1.807, 2.05) is 18.7 Å². The zero-order valence-corrected chi connectivity index (χ0v) is 11.7. The van der Waals surface area contributed by atoms with Crippen LogP contribution in [0, 0.1) is 0 Å². The first-order valence-corrected chi connectivity index (χ1v) is 6.59. The lowest BCUT2D eigenvalue weighted by Gasteiger charge is -2.35. The number of anilines is 1. The van der Waals surface area contributed by atoms with Gasteiger partial charge in [0, 0.05) is 18.8 Å². The number of ether oxygens (including phenoxy) is 1. The van der Waals surface area contributed by atoms with E-state index >= 15 is 0 Å². The number of nitrogens with zero attached hydrogens (tertiary/aromatic N) is 3. The standard InChI is InChI=1S/C12H17ClN4O2/c1-8(2)15-11(18)9-7-19-6-5-17(9)10-3-4-14-12(13)16-10/h3-4,8-9H,5-7H2,1-2H3,(H,15,18). The molecule has 0 saturated carbocycles. The molecule has 19 heavy (non-hydrogen) atoms. The number of hydrogen-bond donors (Lipinski definition) is 1. The second-order valence-electron chi connectivity index (χ2n) is 4.63. The van der Waals surface area contributed by atoms with E-state index in [4.69, 9.17) is 16.3 Å². The molecule has 0 aromatic carbocycles. The smallest absolute Gasteiger partial charge is 0.245 e. The Kier molecular flexibility index (Phi) is 4.55. The van der Waals surface area contributed by atoms with Crippen molar-refractivity contribution < 1.29 is 9.53 Å². The molecule has 1 aromatic heterocycles. The molecule has 1 aromatic rings. The highest BCUT2D eigenvalue weighted by atomic mass is 35.5. The van der Waals surface area contributed by atoms with Gasteiger partial charge in [0.2, 0.25) is 11.2 Å². The number of nitrogens with one attached hydrogen (secondary N) is 1. The van der Waals surface area contributed by atoms with Crippen molar-refractivity contribution in [3.63, 3.8) is 0 Å². The Hall–Kier alpha value is -1.40. The van der Waals surface area contributed by atoms with Crippen molar-refractivity contribution in [2.24, 2.45) is 0 Å². The highest BCUT2D eigenvalue weighted by Gasteiger charge is 2.30. The summed E-state index contributed by atoms with van der Waals surface area (Å²) in [7, 11) is 0. The topological polar surface area (TPSA) is 67.3 Å². The minimum atomic E-state index is -0.387. The third-order valence-corrected chi connectivity index (χ3v) is 2.95. The first-order valence-electron chi connectivity index (χ1n) is 6.21. The molecule has 1 amide bonds. The van der Waals surface area contributed by atoms with Gasteiger partial charge in [0.15, 0.2) is 0 Å². The molecule has 1 saturated heterocycles. The van der Waals surface area contributed by atoms with Gasteiger partial charge >= 0.3 is 0 Å². The lowest BCUT2D eigenvalue weighted by Crippen LogP contribution is -2.55. The van der Waals surface area contributed by atoms with Crippen LogP contribution in [0.15, 0.2) is 12.3 Å². The second-order valence-corrected chi connectivity index (χ2v) is 4.97. The number of amides is 1. The Morgan fingerprint density at radius 3 is 3.11 bits per heavy atom.